The van der Waals surface area contributed by atoms with Crippen LogP contribution in [0.4, 0.5) is 5.69 Å². The Balaban J connectivity index is 2.06. The summed E-state index contributed by atoms with van der Waals surface area (Å²) in [7, 11) is 1.53. The van der Waals surface area contributed by atoms with E-state index in [9.17, 15) is 0 Å². The number of hydrogen-bond acceptors (Lipinski definition) is 5. The van der Waals surface area contributed by atoms with Gasteiger partial charge in [0.1, 0.15) is 12.4 Å². The molecule has 1 saturated carbocycles. The third-order valence-corrected chi connectivity index (χ3v) is 3.83. The topological polar surface area (TPSA) is 70.3 Å². The van der Waals surface area contributed by atoms with Crippen molar-refractivity contribution in [2.24, 2.45) is 11.8 Å². The first-order valence-electron chi connectivity index (χ1n) is 6.43. The van der Waals surface area contributed by atoms with Crippen molar-refractivity contribution in [2.75, 3.05) is 12.8 Å². The van der Waals surface area contributed by atoms with E-state index in [1.54, 1.807) is 0 Å². The molecular formula is C13H21N3O2. The molecule has 0 spiro atoms. The van der Waals surface area contributed by atoms with Crippen LogP contribution in [0.2, 0.25) is 0 Å². The number of ether oxygens (including phenoxy) is 2. The summed E-state index contributed by atoms with van der Waals surface area (Å²) >= 11 is 0. The Labute approximate surface area is 108 Å². The van der Waals surface area contributed by atoms with Crippen LogP contribution < -0.4 is 15.2 Å². The van der Waals surface area contributed by atoms with E-state index in [1.807, 2.05) is 0 Å². The van der Waals surface area contributed by atoms with Crippen LogP contribution in [0.1, 0.15) is 33.1 Å². The van der Waals surface area contributed by atoms with Crippen LogP contribution in [0, 0.1) is 11.8 Å². The summed E-state index contributed by atoms with van der Waals surface area (Å²) in [5, 5.41) is 0. The van der Waals surface area contributed by atoms with Crippen molar-refractivity contribution >= 4 is 5.69 Å². The molecule has 3 atom stereocenters. The molecule has 0 aliphatic heterocycles. The highest BCUT2D eigenvalue weighted by atomic mass is 16.5. The molecule has 1 fully saturated rings. The van der Waals surface area contributed by atoms with Gasteiger partial charge < -0.3 is 15.2 Å². The number of nitrogens with zero attached hydrogens (tertiary/aromatic N) is 2. The summed E-state index contributed by atoms with van der Waals surface area (Å²) in [5.41, 5.74) is 6.28. The first-order valence-corrected chi connectivity index (χ1v) is 6.43. The molecule has 0 bridgehead atoms. The van der Waals surface area contributed by atoms with Crippen LogP contribution in [0.25, 0.3) is 0 Å². The Bertz CT molecular complexity index is 411. The Kier molecular flexibility index (Phi) is 3.89. The van der Waals surface area contributed by atoms with Gasteiger partial charge in [-0.15, -0.1) is 0 Å². The van der Waals surface area contributed by atoms with Crippen molar-refractivity contribution in [3.05, 3.63) is 6.33 Å². The SMILES string of the molecule is COc1ncnc(OC2CCC(C)C(C)C2)c1N. The average Bonchev–Trinajstić information content (AvgIpc) is 2.36. The lowest BCUT2D eigenvalue weighted by atomic mass is 9.80. The molecule has 5 heteroatoms. The third kappa shape index (κ3) is 2.66. The molecule has 0 amide bonds. The lowest BCUT2D eigenvalue weighted by Crippen LogP contribution is -2.29. The average molecular weight is 251 g/mol. The Morgan fingerprint density at radius 2 is 1.89 bits per heavy atom. The van der Waals surface area contributed by atoms with Crippen molar-refractivity contribution in [2.45, 2.75) is 39.2 Å². The second-order valence-corrected chi connectivity index (χ2v) is 5.11. The van der Waals surface area contributed by atoms with Gasteiger partial charge in [-0.25, -0.2) is 0 Å². The molecule has 1 heterocycles. The van der Waals surface area contributed by atoms with Crippen molar-refractivity contribution < 1.29 is 9.47 Å². The summed E-state index contributed by atoms with van der Waals surface area (Å²) in [6, 6.07) is 0. The molecule has 2 rings (SSSR count). The lowest BCUT2D eigenvalue weighted by Gasteiger charge is -2.32. The van der Waals surface area contributed by atoms with Gasteiger partial charge >= 0.3 is 0 Å². The van der Waals surface area contributed by atoms with Gasteiger partial charge in [0.25, 0.3) is 0 Å². The Morgan fingerprint density at radius 1 is 1.17 bits per heavy atom. The van der Waals surface area contributed by atoms with Gasteiger partial charge in [-0.3, -0.25) is 0 Å². The molecule has 3 unspecified atom stereocenters. The highest BCUT2D eigenvalue weighted by Crippen LogP contribution is 2.34. The van der Waals surface area contributed by atoms with Gasteiger partial charge in [-0.2, -0.15) is 9.97 Å². The normalized spacial score (nSPS) is 27.8. The number of methoxy groups -OCH3 is 1. The molecular weight excluding hydrogens is 230 g/mol. The van der Waals surface area contributed by atoms with Crippen LogP contribution in [0.3, 0.4) is 0 Å². The fourth-order valence-corrected chi connectivity index (χ4v) is 2.38. The molecule has 0 saturated heterocycles. The van der Waals surface area contributed by atoms with Crippen molar-refractivity contribution in [1.82, 2.24) is 9.97 Å². The minimum Gasteiger partial charge on any atom is -0.479 e. The zero-order valence-corrected chi connectivity index (χ0v) is 11.2. The number of nitrogen functional groups attached to an aromatic ring is 1. The Morgan fingerprint density at radius 3 is 2.56 bits per heavy atom. The number of rotatable bonds is 3. The number of nitrogens with two attached hydrogens (primary N) is 1. The molecule has 100 valence electrons. The quantitative estimate of drug-likeness (QED) is 0.892. The standard InChI is InChI=1S/C13H21N3O2/c1-8-4-5-10(6-9(8)2)18-13-11(14)12(17-3)15-7-16-13/h7-10H,4-6,14H2,1-3H3. The first-order chi connectivity index (χ1) is 8.61. The molecule has 1 aliphatic rings. The van der Waals surface area contributed by atoms with E-state index in [0.717, 1.165) is 18.8 Å². The fourth-order valence-electron chi connectivity index (χ4n) is 2.38. The smallest absolute Gasteiger partial charge is 0.244 e. The monoisotopic (exact) mass is 251 g/mol. The van der Waals surface area contributed by atoms with Gasteiger partial charge in [-0.05, 0) is 31.1 Å². The van der Waals surface area contributed by atoms with E-state index in [4.69, 9.17) is 15.2 Å². The van der Waals surface area contributed by atoms with E-state index >= 15 is 0 Å². The predicted molar refractivity (Wildman–Crippen MR) is 69.6 cm³/mol. The van der Waals surface area contributed by atoms with Crippen LogP contribution in [-0.4, -0.2) is 23.2 Å². The number of hydrogen-bond donors (Lipinski definition) is 1. The zero-order valence-electron chi connectivity index (χ0n) is 11.2. The summed E-state index contributed by atoms with van der Waals surface area (Å²) in [6.07, 6.45) is 4.90. The largest absolute Gasteiger partial charge is 0.479 e. The predicted octanol–water partition coefficient (Wildman–Crippen LogP) is 2.27. The highest BCUT2D eigenvalue weighted by Gasteiger charge is 2.26. The highest BCUT2D eigenvalue weighted by molar-refractivity contribution is 5.55. The maximum Gasteiger partial charge on any atom is 0.244 e. The minimum absolute atomic E-state index is 0.193. The molecule has 5 nitrogen and oxygen atoms in total. The summed E-state index contributed by atoms with van der Waals surface area (Å²) < 4.78 is 10.9. The number of anilines is 1. The van der Waals surface area contributed by atoms with Crippen LogP contribution in [-0.2, 0) is 0 Å². The van der Waals surface area contributed by atoms with Crippen LogP contribution in [0.5, 0.6) is 11.8 Å². The molecule has 1 aliphatic carbocycles. The summed E-state index contributed by atoms with van der Waals surface area (Å²) in [5.74, 6) is 2.25. The lowest BCUT2D eigenvalue weighted by molar-refractivity contribution is 0.0968. The minimum atomic E-state index is 0.193. The van der Waals surface area contributed by atoms with Gasteiger partial charge in [0, 0.05) is 0 Å². The Hall–Kier alpha value is -1.52. The van der Waals surface area contributed by atoms with E-state index in [0.29, 0.717) is 23.4 Å². The van der Waals surface area contributed by atoms with Crippen LogP contribution >= 0.6 is 0 Å². The molecule has 18 heavy (non-hydrogen) atoms. The molecule has 2 N–H and O–H groups in total. The van der Waals surface area contributed by atoms with E-state index in [-0.39, 0.29) is 6.10 Å². The maximum atomic E-state index is 5.90. The van der Waals surface area contributed by atoms with Crippen LogP contribution in [0.15, 0.2) is 6.33 Å². The summed E-state index contributed by atoms with van der Waals surface area (Å²) in [6.45, 7) is 4.56. The first kappa shape index (κ1) is 12.9. The van der Waals surface area contributed by atoms with Gasteiger partial charge in [-0.1, -0.05) is 13.8 Å². The third-order valence-electron chi connectivity index (χ3n) is 3.83. The van der Waals surface area contributed by atoms with E-state index < -0.39 is 0 Å². The molecule has 0 radical (unpaired) electrons. The van der Waals surface area contributed by atoms with Gasteiger partial charge in [0.2, 0.25) is 11.8 Å². The second kappa shape index (κ2) is 5.42. The second-order valence-electron chi connectivity index (χ2n) is 5.11. The van der Waals surface area contributed by atoms with Crippen molar-refractivity contribution in [1.29, 1.82) is 0 Å². The van der Waals surface area contributed by atoms with Gasteiger partial charge in [0.05, 0.1) is 7.11 Å². The van der Waals surface area contributed by atoms with E-state index in [2.05, 4.69) is 23.8 Å². The van der Waals surface area contributed by atoms with Gasteiger partial charge in [0.15, 0.2) is 5.69 Å². The fraction of sp³-hybridized carbons (Fsp3) is 0.692. The molecule has 0 aromatic carbocycles. The molecule has 1 aromatic rings. The summed E-state index contributed by atoms with van der Waals surface area (Å²) in [4.78, 5) is 8.03. The van der Waals surface area contributed by atoms with E-state index in [1.165, 1.54) is 19.9 Å². The number of aromatic nitrogens is 2. The zero-order chi connectivity index (χ0) is 13.1. The molecule has 1 aromatic heterocycles. The van der Waals surface area contributed by atoms with Crippen molar-refractivity contribution in [3.63, 3.8) is 0 Å². The maximum absolute atomic E-state index is 5.90. The van der Waals surface area contributed by atoms with Crippen molar-refractivity contribution in [3.8, 4) is 11.8 Å².